The molecule has 0 aromatic rings. The summed E-state index contributed by atoms with van der Waals surface area (Å²) in [6.45, 7) is 3.93. The second kappa shape index (κ2) is 5.82. The molecular formula is C12H20N2O3. The van der Waals surface area contributed by atoms with Crippen LogP contribution in [0.4, 0.5) is 0 Å². The van der Waals surface area contributed by atoms with Crippen LogP contribution in [0.2, 0.25) is 0 Å². The summed E-state index contributed by atoms with van der Waals surface area (Å²) < 4.78 is 0. The number of carbonyl (C=O) groups is 2. The van der Waals surface area contributed by atoms with Gasteiger partial charge >= 0.3 is 5.97 Å². The first-order valence-corrected chi connectivity index (χ1v) is 5.85. The van der Waals surface area contributed by atoms with E-state index in [0.717, 1.165) is 19.3 Å². The molecule has 0 aliphatic heterocycles. The lowest BCUT2D eigenvalue weighted by atomic mass is 9.66. The molecule has 0 bridgehead atoms. The summed E-state index contributed by atoms with van der Waals surface area (Å²) in [5.74, 6) is -1.05. The molecule has 96 valence electrons. The SMILES string of the molecule is C=CCC(N)C(=O)NCC1(CC(=O)O)CCC1. The highest BCUT2D eigenvalue weighted by Gasteiger charge is 2.39. The van der Waals surface area contributed by atoms with Gasteiger partial charge in [-0.3, -0.25) is 9.59 Å². The number of nitrogens with two attached hydrogens (primary N) is 1. The van der Waals surface area contributed by atoms with Crippen molar-refractivity contribution in [3.63, 3.8) is 0 Å². The Morgan fingerprint density at radius 1 is 1.53 bits per heavy atom. The first kappa shape index (κ1) is 13.7. The quantitative estimate of drug-likeness (QED) is 0.570. The maximum atomic E-state index is 11.6. The average molecular weight is 240 g/mol. The molecule has 1 saturated carbocycles. The van der Waals surface area contributed by atoms with Gasteiger partial charge in [0.15, 0.2) is 0 Å². The van der Waals surface area contributed by atoms with E-state index in [-0.39, 0.29) is 17.7 Å². The van der Waals surface area contributed by atoms with Gasteiger partial charge in [0.1, 0.15) is 0 Å². The van der Waals surface area contributed by atoms with E-state index in [2.05, 4.69) is 11.9 Å². The molecule has 4 N–H and O–H groups in total. The minimum absolute atomic E-state index is 0.115. The monoisotopic (exact) mass is 240 g/mol. The topological polar surface area (TPSA) is 92.4 Å². The number of hydrogen-bond acceptors (Lipinski definition) is 3. The van der Waals surface area contributed by atoms with E-state index in [1.165, 1.54) is 0 Å². The van der Waals surface area contributed by atoms with Crippen molar-refractivity contribution in [1.29, 1.82) is 0 Å². The Hall–Kier alpha value is -1.36. The van der Waals surface area contributed by atoms with Crippen molar-refractivity contribution in [1.82, 2.24) is 5.32 Å². The third-order valence-corrected chi connectivity index (χ3v) is 3.34. The fourth-order valence-electron chi connectivity index (χ4n) is 2.11. The van der Waals surface area contributed by atoms with Crippen molar-refractivity contribution in [3.8, 4) is 0 Å². The van der Waals surface area contributed by atoms with Crippen LogP contribution in [0.15, 0.2) is 12.7 Å². The first-order valence-electron chi connectivity index (χ1n) is 5.85. The minimum atomic E-state index is -0.811. The molecule has 17 heavy (non-hydrogen) atoms. The molecule has 1 unspecified atom stereocenters. The Balaban J connectivity index is 2.40. The molecule has 0 aromatic heterocycles. The summed E-state index contributed by atoms with van der Waals surface area (Å²) >= 11 is 0. The number of carboxylic acids is 1. The lowest BCUT2D eigenvalue weighted by Crippen LogP contribution is -2.48. The van der Waals surface area contributed by atoms with Gasteiger partial charge in [0.2, 0.25) is 5.91 Å². The van der Waals surface area contributed by atoms with E-state index in [1.807, 2.05) is 0 Å². The Morgan fingerprint density at radius 3 is 2.59 bits per heavy atom. The van der Waals surface area contributed by atoms with Gasteiger partial charge in [-0.2, -0.15) is 0 Å². The van der Waals surface area contributed by atoms with Crippen LogP contribution in [0, 0.1) is 5.41 Å². The fourth-order valence-corrected chi connectivity index (χ4v) is 2.11. The number of carboxylic acid groups (broad SMARTS) is 1. The van der Waals surface area contributed by atoms with E-state index >= 15 is 0 Å². The highest BCUT2D eigenvalue weighted by atomic mass is 16.4. The van der Waals surface area contributed by atoms with E-state index < -0.39 is 12.0 Å². The molecule has 0 heterocycles. The zero-order chi connectivity index (χ0) is 12.9. The van der Waals surface area contributed by atoms with Gasteiger partial charge in [-0.1, -0.05) is 12.5 Å². The summed E-state index contributed by atoms with van der Waals surface area (Å²) in [5, 5.41) is 11.6. The number of aliphatic carboxylic acids is 1. The molecular weight excluding hydrogens is 220 g/mol. The first-order chi connectivity index (χ1) is 7.99. The summed E-state index contributed by atoms with van der Waals surface area (Å²) in [4.78, 5) is 22.3. The maximum Gasteiger partial charge on any atom is 0.303 e. The molecule has 0 spiro atoms. The van der Waals surface area contributed by atoms with E-state index in [0.29, 0.717) is 13.0 Å². The number of carbonyl (C=O) groups excluding carboxylic acids is 1. The highest BCUT2D eigenvalue weighted by molar-refractivity contribution is 5.81. The second-order valence-corrected chi connectivity index (χ2v) is 4.77. The molecule has 1 amide bonds. The van der Waals surface area contributed by atoms with Crippen LogP contribution < -0.4 is 11.1 Å². The Kier molecular flexibility index (Phi) is 4.69. The van der Waals surface area contributed by atoms with Crippen molar-refractivity contribution >= 4 is 11.9 Å². The summed E-state index contributed by atoms with van der Waals surface area (Å²) in [6, 6.07) is -0.588. The molecule has 0 radical (unpaired) electrons. The van der Waals surface area contributed by atoms with Crippen LogP contribution in [-0.4, -0.2) is 29.6 Å². The van der Waals surface area contributed by atoms with Crippen LogP contribution in [-0.2, 0) is 9.59 Å². The van der Waals surface area contributed by atoms with Gasteiger partial charge in [-0.05, 0) is 24.7 Å². The summed E-state index contributed by atoms with van der Waals surface area (Å²) in [5.41, 5.74) is 5.36. The van der Waals surface area contributed by atoms with Crippen molar-refractivity contribution < 1.29 is 14.7 Å². The third-order valence-electron chi connectivity index (χ3n) is 3.34. The van der Waals surface area contributed by atoms with Crippen LogP contribution in [0.5, 0.6) is 0 Å². The number of hydrogen-bond donors (Lipinski definition) is 3. The molecule has 1 fully saturated rings. The van der Waals surface area contributed by atoms with Crippen LogP contribution in [0.25, 0.3) is 0 Å². The molecule has 0 aromatic carbocycles. The van der Waals surface area contributed by atoms with Crippen molar-refractivity contribution in [2.45, 2.75) is 38.1 Å². The van der Waals surface area contributed by atoms with Gasteiger partial charge in [0.25, 0.3) is 0 Å². The zero-order valence-electron chi connectivity index (χ0n) is 9.95. The highest BCUT2D eigenvalue weighted by Crippen LogP contribution is 2.43. The fraction of sp³-hybridized carbons (Fsp3) is 0.667. The maximum absolute atomic E-state index is 11.6. The number of rotatable bonds is 7. The van der Waals surface area contributed by atoms with Gasteiger partial charge in [0.05, 0.1) is 12.5 Å². The van der Waals surface area contributed by atoms with Crippen LogP contribution >= 0.6 is 0 Å². The van der Waals surface area contributed by atoms with Crippen molar-refractivity contribution in [2.24, 2.45) is 11.1 Å². The van der Waals surface area contributed by atoms with Crippen LogP contribution in [0.1, 0.15) is 32.1 Å². The Morgan fingerprint density at radius 2 is 2.18 bits per heavy atom. The van der Waals surface area contributed by atoms with Crippen LogP contribution in [0.3, 0.4) is 0 Å². The standard InChI is InChI=1S/C12H20N2O3/c1-2-4-9(13)11(17)14-8-12(5-3-6-12)7-10(15)16/h2,9H,1,3-8,13H2,(H,14,17)(H,15,16). The molecule has 1 rings (SSSR count). The summed E-state index contributed by atoms with van der Waals surface area (Å²) in [7, 11) is 0. The molecule has 5 heteroatoms. The number of nitrogens with one attached hydrogen (secondary N) is 1. The predicted molar refractivity (Wildman–Crippen MR) is 64.3 cm³/mol. The van der Waals surface area contributed by atoms with Gasteiger partial charge in [0, 0.05) is 6.54 Å². The molecule has 0 saturated heterocycles. The Bertz CT molecular complexity index is 311. The minimum Gasteiger partial charge on any atom is -0.481 e. The third kappa shape index (κ3) is 3.85. The van der Waals surface area contributed by atoms with E-state index in [4.69, 9.17) is 10.8 Å². The molecule has 5 nitrogen and oxygen atoms in total. The largest absolute Gasteiger partial charge is 0.481 e. The smallest absolute Gasteiger partial charge is 0.303 e. The lowest BCUT2D eigenvalue weighted by molar-refractivity contribution is -0.141. The molecule has 1 aliphatic carbocycles. The lowest BCUT2D eigenvalue weighted by Gasteiger charge is -2.41. The normalized spacial score (nSPS) is 18.9. The van der Waals surface area contributed by atoms with Gasteiger partial charge in [-0.15, -0.1) is 6.58 Å². The second-order valence-electron chi connectivity index (χ2n) is 4.77. The van der Waals surface area contributed by atoms with Crippen molar-refractivity contribution in [2.75, 3.05) is 6.54 Å². The number of amides is 1. The van der Waals surface area contributed by atoms with Gasteiger partial charge < -0.3 is 16.2 Å². The van der Waals surface area contributed by atoms with Crippen molar-refractivity contribution in [3.05, 3.63) is 12.7 Å². The summed E-state index contributed by atoms with van der Waals surface area (Å²) in [6.07, 6.45) is 4.89. The molecule has 1 aliphatic rings. The average Bonchev–Trinajstić information content (AvgIpc) is 2.21. The zero-order valence-corrected chi connectivity index (χ0v) is 9.95. The van der Waals surface area contributed by atoms with Gasteiger partial charge in [-0.25, -0.2) is 0 Å². The van der Waals surface area contributed by atoms with E-state index in [1.54, 1.807) is 6.08 Å². The predicted octanol–water partition coefficient (Wildman–Crippen LogP) is 0.651. The Labute approximate surface area is 101 Å². The van der Waals surface area contributed by atoms with E-state index in [9.17, 15) is 9.59 Å². The molecule has 1 atom stereocenters.